The first-order chi connectivity index (χ1) is 15.7. The molecule has 1 aromatic heterocycles. The zero-order chi connectivity index (χ0) is 24.0. The number of aryl methyl sites for hydroxylation is 1. The molecule has 0 unspecified atom stereocenters. The van der Waals surface area contributed by atoms with Gasteiger partial charge in [0.2, 0.25) is 0 Å². The molecule has 0 bridgehead atoms. The van der Waals surface area contributed by atoms with Crippen LogP contribution in [0, 0.1) is 6.92 Å². The van der Waals surface area contributed by atoms with Crippen molar-refractivity contribution in [2.24, 2.45) is 0 Å². The highest BCUT2D eigenvalue weighted by molar-refractivity contribution is 7.92. The molecule has 0 saturated carbocycles. The van der Waals surface area contributed by atoms with Gasteiger partial charge in [-0.15, -0.1) is 0 Å². The number of carbonyl (C=O) groups excluding carboxylic acids is 2. The molecular weight excluding hydrogens is 470 g/mol. The third kappa shape index (κ3) is 6.21. The molecule has 11 heteroatoms. The van der Waals surface area contributed by atoms with Crippen molar-refractivity contribution in [2.75, 3.05) is 23.8 Å². The van der Waals surface area contributed by atoms with Crippen LogP contribution in [0.5, 0.6) is 5.75 Å². The first-order valence-corrected chi connectivity index (χ1v) is 11.4. The second-order valence-electron chi connectivity index (χ2n) is 6.80. The maximum absolute atomic E-state index is 12.9. The van der Waals surface area contributed by atoms with Crippen LogP contribution < -0.4 is 14.8 Å². The summed E-state index contributed by atoms with van der Waals surface area (Å²) in [6.07, 6.45) is 1.46. The number of anilines is 2. The van der Waals surface area contributed by atoms with E-state index in [9.17, 15) is 18.0 Å². The molecule has 33 heavy (non-hydrogen) atoms. The summed E-state index contributed by atoms with van der Waals surface area (Å²) in [6, 6.07) is 13.6. The lowest BCUT2D eigenvalue weighted by Gasteiger charge is -2.13. The molecule has 0 radical (unpaired) electrons. The lowest BCUT2D eigenvalue weighted by atomic mass is 10.2. The molecular formula is C22H20ClN3O6S. The molecule has 3 rings (SSSR count). The maximum atomic E-state index is 12.9. The van der Waals surface area contributed by atoms with Crippen molar-refractivity contribution in [1.29, 1.82) is 0 Å². The van der Waals surface area contributed by atoms with Crippen LogP contribution >= 0.6 is 11.6 Å². The molecule has 9 nitrogen and oxygen atoms in total. The molecule has 1 amide bonds. The molecule has 0 saturated heterocycles. The highest BCUT2D eigenvalue weighted by Gasteiger charge is 2.23. The Morgan fingerprint density at radius 3 is 2.48 bits per heavy atom. The van der Waals surface area contributed by atoms with E-state index in [2.05, 4.69) is 15.0 Å². The van der Waals surface area contributed by atoms with Crippen LogP contribution in [-0.4, -0.2) is 39.0 Å². The summed E-state index contributed by atoms with van der Waals surface area (Å²) < 4.78 is 38.4. The zero-order valence-corrected chi connectivity index (χ0v) is 19.2. The predicted octanol–water partition coefficient (Wildman–Crippen LogP) is 3.65. The van der Waals surface area contributed by atoms with Crippen LogP contribution in [0.15, 0.2) is 65.7 Å². The van der Waals surface area contributed by atoms with E-state index in [4.69, 9.17) is 21.1 Å². The summed E-state index contributed by atoms with van der Waals surface area (Å²) >= 11 is 5.87. The largest absolute Gasteiger partial charge is 0.495 e. The normalized spacial score (nSPS) is 10.9. The molecule has 3 aromatic rings. The molecule has 0 spiro atoms. The summed E-state index contributed by atoms with van der Waals surface area (Å²) in [5.41, 5.74) is 1.50. The van der Waals surface area contributed by atoms with Crippen LogP contribution in [0.3, 0.4) is 0 Å². The van der Waals surface area contributed by atoms with Gasteiger partial charge < -0.3 is 14.8 Å². The number of nitrogens with zero attached hydrogens (tertiary/aromatic N) is 1. The van der Waals surface area contributed by atoms with Gasteiger partial charge >= 0.3 is 5.97 Å². The van der Waals surface area contributed by atoms with Crippen LogP contribution in [0.4, 0.5) is 11.4 Å². The molecule has 2 N–H and O–H groups in total. The number of nitrogens with one attached hydrogen (secondary N) is 2. The molecule has 0 atom stereocenters. The van der Waals surface area contributed by atoms with Gasteiger partial charge in [0.15, 0.2) is 11.8 Å². The second-order valence-corrected chi connectivity index (χ2v) is 8.81. The fraction of sp³-hybridized carbons (Fsp3) is 0.136. The monoisotopic (exact) mass is 489 g/mol. The van der Waals surface area contributed by atoms with Crippen molar-refractivity contribution in [1.82, 2.24) is 4.98 Å². The Hall–Kier alpha value is -3.63. The van der Waals surface area contributed by atoms with Crippen molar-refractivity contribution in [3.63, 3.8) is 0 Å². The molecule has 0 fully saturated rings. The third-order valence-electron chi connectivity index (χ3n) is 4.36. The number of hydrogen-bond acceptors (Lipinski definition) is 7. The van der Waals surface area contributed by atoms with E-state index in [1.807, 2.05) is 6.92 Å². The number of aromatic nitrogens is 1. The molecule has 0 aliphatic rings. The summed E-state index contributed by atoms with van der Waals surface area (Å²) in [5.74, 6) is -1.49. The summed E-state index contributed by atoms with van der Waals surface area (Å²) in [7, 11) is -2.77. The molecule has 1 heterocycles. The summed E-state index contributed by atoms with van der Waals surface area (Å²) in [4.78, 5) is 28.1. The number of sulfonamides is 1. The van der Waals surface area contributed by atoms with Gasteiger partial charge in [0.1, 0.15) is 10.6 Å². The van der Waals surface area contributed by atoms with Gasteiger partial charge in [0.25, 0.3) is 15.9 Å². The predicted molar refractivity (Wildman–Crippen MR) is 123 cm³/mol. The van der Waals surface area contributed by atoms with E-state index in [1.165, 1.54) is 31.5 Å². The number of amides is 1. The topological polar surface area (TPSA) is 124 Å². The second kappa shape index (κ2) is 10.3. The average molecular weight is 490 g/mol. The standard InChI is InChI=1S/C22H20ClN3O6S/c1-14-5-8-16(9-6-14)26-33(29,30)19-12-15(7-10-18(19)31-2)22(28)32-13-20(27)25-17-4-3-11-24-21(17)23/h3-12,26H,13H2,1-2H3,(H,25,27). The minimum absolute atomic E-state index is 0.0372. The van der Waals surface area contributed by atoms with Crippen LogP contribution in [-0.2, 0) is 19.6 Å². The number of halogens is 1. The molecule has 2 aromatic carbocycles. The van der Waals surface area contributed by atoms with E-state index in [1.54, 1.807) is 30.3 Å². The highest BCUT2D eigenvalue weighted by atomic mass is 35.5. The van der Waals surface area contributed by atoms with Gasteiger partial charge in [-0.05, 0) is 49.4 Å². The van der Waals surface area contributed by atoms with Gasteiger partial charge in [0.05, 0.1) is 18.4 Å². The van der Waals surface area contributed by atoms with E-state index in [-0.39, 0.29) is 27.0 Å². The number of ether oxygens (including phenoxy) is 2. The Morgan fingerprint density at radius 1 is 1.09 bits per heavy atom. The first-order valence-electron chi connectivity index (χ1n) is 9.54. The lowest BCUT2D eigenvalue weighted by molar-refractivity contribution is -0.119. The van der Waals surface area contributed by atoms with E-state index >= 15 is 0 Å². The minimum atomic E-state index is -4.09. The van der Waals surface area contributed by atoms with E-state index < -0.39 is 28.5 Å². The Bertz CT molecular complexity index is 1280. The fourth-order valence-electron chi connectivity index (χ4n) is 2.73. The number of methoxy groups -OCH3 is 1. The minimum Gasteiger partial charge on any atom is -0.495 e. The SMILES string of the molecule is COc1ccc(C(=O)OCC(=O)Nc2cccnc2Cl)cc1S(=O)(=O)Nc1ccc(C)cc1. The fourth-order valence-corrected chi connectivity index (χ4v) is 4.15. The van der Waals surface area contributed by atoms with Gasteiger partial charge in [-0.3, -0.25) is 9.52 Å². The van der Waals surface area contributed by atoms with Gasteiger partial charge in [-0.2, -0.15) is 0 Å². The van der Waals surface area contributed by atoms with E-state index in [0.717, 1.165) is 11.6 Å². The quantitative estimate of drug-likeness (QED) is 0.365. The third-order valence-corrected chi connectivity index (χ3v) is 6.06. The van der Waals surface area contributed by atoms with Crippen molar-refractivity contribution >= 4 is 44.9 Å². The zero-order valence-electron chi connectivity index (χ0n) is 17.7. The first kappa shape index (κ1) is 24.0. The Kier molecular flexibility index (Phi) is 7.52. The number of rotatable bonds is 8. The van der Waals surface area contributed by atoms with Crippen molar-refractivity contribution in [3.05, 3.63) is 77.1 Å². The Labute approximate surface area is 195 Å². The van der Waals surface area contributed by atoms with Crippen molar-refractivity contribution in [2.45, 2.75) is 11.8 Å². The maximum Gasteiger partial charge on any atom is 0.338 e. The van der Waals surface area contributed by atoms with Crippen molar-refractivity contribution < 1.29 is 27.5 Å². The molecule has 172 valence electrons. The molecule has 0 aliphatic carbocycles. The number of hydrogen-bond donors (Lipinski definition) is 2. The van der Waals surface area contributed by atoms with Crippen LogP contribution in [0.1, 0.15) is 15.9 Å². The molecule has 0 aliphatic heterocycles. The number of pyridine rings is 1. The van der Waals surface area contributed by atoms with Crippen LogP contribution in [0.25, 0.3) is 0 Å². The average Bonchev–Trinajstić information content (AvgIpc) is 2.80. The van der Waals surface area contributed by atoms with Gasteiger partial charge in [-0.25, -0.2) is 18.2 Å². The van der Waals surface area contributed by atoms with E-state index in [0.29, 0.717) is 5.69 Å². The summed E-state index contributed by atoms with van der Waals surface area (Å²) in [5, 5.41) is 2.55. The van der Waals surface area contributed by atoms with Crippen molar-refractivity contribution in [3.8, 4) is 5.75 Å². The van der Waals surface area contributed by atoms with Gasteiger partial charge in [0, 0.05) is 11.9 Å². The summed E-state index contributed by atoms with van der Waals surface area (Å²) in [6.45, 7) is 1.27. The smallest absolute Gasteiger partial charge is 0.338 e. The number of benzene rings is 2. The number of esters is 1. The Morgan fingerprint density at radius 2 is 1.82 bits per heavy atom. The number of carbonyl (C=O) groups is 2. The Balaban J connectivity index is 1.74. The van der Waals surface area contributed by atoms with Crippen LogP contribution in [0.2, 0.25) is 5.15 Å². The highest BCUT2D eigenvalue weighted by Crippen LogP contribution is 2.27. The lowest BCUT2D eigenvalue weighted by Crippen LogP contribution is -2.21. The van der Waals surface area contributed by atoms with Gasteiger partial charge in [-0.1, -0.05) is 29.3 Å².